The first-order valence-electron chi connectivity index (χ1n) is 18.1. The number of benzene rings is 2. The van der Waals surface area contributed by atoms with Crippen molar-refractivity contribution in [3.05, 3.63) is 107 Å². The minimum absolute atomic E-state index is 0.0590. The van der Waals surface area contributed by atoms with Gasteiger partial charge in [0.2, 0.25) is 0 Å². The third kappa shape index (κ3) is 4.46. The van der Waals surface area contributed by atoms with Crippen molar-refractivity contribution in [2.24, 2.45) is 10.4 Å². The predicted octanol–water partition coefficient (Wildman–Crippen LogP) is 7.09. The molecule has 9 nitrogen and oxygen atoms in total. The summed E-state index contributed by atoms with van der Waals surface area (Å²) in [7, 11) is 2.89. The molecule has 3 aromatic heterocycles. The number of aryl methyl sites for hydroxylation is 1. The Hall–Kier alpha value is -5.15. The van der Waals surface area contributed by atoms with Crippen molar-refractivity contribution in [3.8, 4) is 0 Å². The standard InChI is InChI=1S/C42H42N4O5/c1-5-25-19-34-29(27-11-7-9-13-31(27)45(34)35(20-25)40(47)49-3)15-17-43-23-26-24-51-37-21-33(26)44-18-16-30-28-12-8-10-14-32(28)46-36(41(48)50-4)22-42(37,6-2)39(44)38(30)46/h7-14,19-20,22-24,33,37,39H,5-6,15-18,21H2,1-4H3/t33-,37-,39-,42-/m1/s1. The van der Waals surface area contributed by atoms with Gasteiger partial charge in [-0.1, -0.05) is 50.2 Å². The van der Waals surface area contributed by atoms with Crippen molar-refractivity contribution in [3.63, 3.8) is 0 Å². The predicted molar refractivity (Wildman–Crippen MR) is 198 cm³/mol. The lowest BCUT2D eigenvalue weighted by molar-refractivity contribution is -0.135. The van der Waals surface area contributed by atoms with Gasteiger partial charge in [0.1, 0.15) is 17.5 Å². The molecule has 5 aromatic rings. The highest BCUT2D eigenvalue weighted by atomic mass is 16.5. The van der Waals surface area contributed by atoms with E-state index in [1.807, 2.05) is 41.1 Å². The molecule has 0 radical (unpaired) electrons. The van der Waals surface area contributed by atoms with Gasteiger partial charge in [0.05, 0.1) is 43.1 Å². The summed E-state index contributed by atoms with van der Waals surface area (Å²) in [6, 6.07) is 21.0. The van der Waals surface area contributed by atoms with Gasteiger partial charge in [-0.25, -0.2) is 9.59 Å². The number of pyridine rings is 1. The zero-order valence-electron chi connectivity index (χ0n) is 29.5. The lowest BCUT2D eigenvalue weighted by atomic mass is 9.62. The van der Waals surface area contributed by atoms with E-state index >= 15 is 0 Å². The molecule has 4 atom stereocenters. The molecule has 0 unspecified atom stereocenters. The molecule has 1 fully saturated rings. The second-order valence-corrected chi connectivity index (χ2v) is 14.2. The Morgan fingerprint density at radius 2 is 1.75 bits per heavy atom. The highest BCUT2D eigenvalue weighted by molar-refractivity contribution is 6.13. The number of esters is 2. The molecule has 0 aliphatic carbocycles. The lowest BCUT2D eigenvalue weighted by Gasteiger charge is -2.60. The van der Waals surface area contributed by atoms with Crippen molar-refractivity contribution in [1.82, 2.24) is 13.9 Å². The van der Waals surface area contributed by atoms with Gasteiger partial charge >= 0.3 is 11.9 Å². The van der Waals surface area contributed by atoms with E-state index in [2.05, 4.69) is 65.8 Å². The van der Waals surface area contributed by atoms with E-state index in [0.29, 0.717) is 17.9 Å². The topological polar surface area (TPSA) is 86.8 Å². The minimum Gasteiger partial charge on any atom is -0.497 e. The number of rotatable bonds is 8. The summed E-state index contributed by atoms with van der Waals surface area (Å²) in [6.07, 6.45) is 10.1. The number of carbonyl (C=O) groups is 2. The number of hydrogen-bond acceptors (Lipinski definition) is 7. The fourth-order valence-corrected chi connectivity index (χ4v) is 9.69. The first-order chi connectivity index (χ1) is 24.9. The molecule has 9 rings (SSSR count). The summed E-state index contributed by atoms with van der Waals surface area (Å²) >= 11 is 0. The number of aromatic nitrogens is 2. The number of nitrogens with zero attached hydrogens (tertiary/aromatic N) is 4. The van der Waals surface area contributed by atoms with Crippen molar-refractivity contribution < 1.29 is 23.8 Å². The monoisotopic (exact) mass is 682 g/mol. The van der Waals surface area contributed by atoms with Crippen LogP contribution >= 0.6 is 0 Å². The van der Waals surface area contributed by atoms with Crippen molar-refractivity contribution in [1.29, 1.82) is 0 Å². The lowest BCUT2D eigenvalue weighted by Crippen LogP contribution is -2.62. The number of hydrogen-bond donors (Lipinski definition) is 0. The normalized spacial score (nSPS) is 23.6. The summed E-state index contributed by atoms with van der Waals surface area (Å²) in [5, 5.41) is 2.33. The fourth-order valence-electron chi connectivity index (χ4n) is 9.69. The van der Waals surface area contributed by atoms with Crippen LogP contribution in [0, 0.1) is 5.41 Å². The maximum Gasteiger partial charge on any atom is 0.355 e. The van der Waals surface area contributed by atoms with Crippen LogP contribution in [0.1, 0.15) is 65.6 Å². The quantitative estimate of drug-likeness (QED) is 0.128. The van der Waals surface area contributed by atoms with Crippen LogP contribution in [-0.2, 0) is 38.3 Å². The number of piperidine rings is 1. The molecule has 51 heavy (non-hydrogen) atoms. The molecule has 0 saturated carbocycles. The maximum atomic E-state index is 13.4. The van der Waals surface area contributed by atoms with E-state index in [9.17, 15) is 9.59 Å². The SMILES string of the molecule is CCc1cc(C(=O)OC)n2c(c1)c(CCN=CC1=CO[C@@H]3C[C@H]1N1CCc4c5n(c6ccccc46)C(C(=O)OC)=C[C@@]3(CC)[C@@H]51)c1ccccc12. The molecule has 0 spiro atoms. The van der Waals surface area contributed by atoms with Crippen LogP contribution in [0.5, 0.6) is 0 Å². The van der Waals surface area contributed by atoms with Crippen LogP contribution in [0.2, 0.25) is 0 Å². The van der Waals surface area contributed by atoms with Crippen LogP contribution < -0.4 is 0 Å². The largest absolute Gasteiger partial charge is 0.497 e. The second kappa shape index (κ2) is 12.0. The molecule has 0 amide bonds. The van der Waals surface area contributed by atoms with E-state index in [-0.39, 0.29) is 35.5 Å². The molecule has 260 valence electrons. The molecule has 0 N–H and O–H groups in total. The Morgan fingerprint density at radius 1 is 0.980 bits per heavy atom. The number of ether oxygens (including phenoxy) is 3. The Labute approximate surface area is 296 Å². The van der Waals surface area contributed by atoms with Gasteiger partial charge in [0.15, 0.2) is 0 Å². The van der Waals surface area contributed by atoms with Crippen LogP contribution in [0.4, 0.5) is 0 Å². The van der Waals surface area contributed by atoms with Gasteiger partial charge in [0.25, 0.3) is 0 Å². The average Bonchev–Trinajstić information content (AvgIpc) is 3.69. The summed E-state index contributed by atoms with van der Waals surface area (Å²) in [5.41, 5.74) is 9.69. The van der Waals surface area contributed by atoms with Crippen LogP contribution in [0.15, 0.2) is 83.6 Å². The zero-order chi connectivity index (χ0) is 35.0. The zero-order valence-corrected chi connectivity index (χ0v) is 29.5. The Kier molecular flexibility index (Phi) is 7.47. The van der Waals surface area contributed by atoms with E-state index < -0.39 is 0 Å². The third-order valence-corrected chi connectivity index (χ3v) is 12.0. The Balaban J connectivity index is 1.07. The Bertz CT molecular complexity index is 2360. The molecule has 2 aromatic carbocycles. The summed E-state index contributed by atoms with van der Waals surface area (Å²) in [5.74, 6) is -0.664. The number of aliphatic imine (C=N–C) groups is 1. The molecule has 7 heterocycles. The number of fused-ring (bicyclic) bond motifs is 10. The summed E-state index contributed by atoms with van der Waals surface area (Å²) in [6.45, 7) is 5.83. The Morgan fingerprint density at radius 3 is 2.51 bits per heavy atom. The smallest absolute Gasteiger partial charge is 0.355 e. The highest BCUT2D eigenvalue weighted by Gasteiger charge is 2.60. The fraction of sp³-hybridized carbons (Fsp3) is 0.357. The molecule has 2 bridgehead atoms. The second-order valence-electron chi connectivity index (χ2n) is 14.2. The molecule has 9 heteroatoms. The molecule has 1 saturated heterocycles. The van der Waals surface area contributed by atoms with Gasteiger partial charge < -0.3 is 23.2 Å². The summed E-state index contributed by atoms with van der Waals surface area (Å²) < 4.78 is 21.4. The van der Waals surface area contributed by atoms with Crippen molar-refractivity contribution in [2.45, 2.75) is 64.1 Å². The van der Waals surface area contributed by atoms with E-state index in [1.54, 1.807) is 0 Å². The third-order valence-electron chi connectivity index (χ3n) is 12.0. The van der Waals surface area contributed by atoms with Gasteiger partial charge in [-0.15, -0.1) is 0 Å². The molecular formula is C42H42N4O5. The van der Waals surface area contributed by atoms with Crippen molar-refractivity contribution in [2.75, 3.05) is 27.3 Å². The van der Waals surface area contributed by atoms with Gasteiger partial charge in [-0.2, -0.15) is 0 Å². The first kappa shape index (κ1) is 31.8. The number of methoxy groups -OCH3 is 2. The van der Waals surface area contributed by atoms with E-state index in [4.69, 9.17) is 19.2 Å². The average molecular weight is 683 g/mol. The van der Waals surface area contributed by atoms with Crippen LogP contribution in [0.25, 0.3) is 33.0 Å². The number of para-hydroxylation sites is 2. The van der Waals surface area contributed by atoms with E-state index in [0.717, 1.165) is 71.7 Å². The highest BCUT2D eigenvalue weighted by Crippen LogP contribution is 2.60. The molecule has 4 aliphatic rings. The van der Waals surface area contributed by atoms with Gasteiger partial charge in [-0.3, -0.25) is 9.89 Å². The molecule has 4 aliphatic heterocycles. The summed E-state index contributed by atoms with van der Waals surface area (Å²) in [4.78, 5) is 34.0. The van der Waals surface area contributed by atoms with Gasteiger partial charge in [0, 0.05) is 59.2 Å². The van der Waals surface area contributed by atoms with Gasteiger partial charge in [-0.05, 0) is 72.7 Å². The van der Waals surface area contributed by atoms with Crippen LogP contribution in [-0.4, -0.2) is 71.5 Å². The van der Waals surface area contributed by atoms with Crippen molar-refractivity contribution >= 4 is 51.2 Å². The maximum absolute atomic E-state index is 13.4. The van der Waals surface area contributed by atoms with Crippen LogP contribution in [0.3, 0.4) is 0 Å². The van der Waals surface area contributed by atoms with E-state index in [1.165, 1.54) is 36.4 Å². The minimum atomic E-state index is -0.378. The first-order valence-corrected chi connectivity index (χ1v) is 18.1. The number of carbonyl (C=O) groups excluding carboxylic acids is 2. The molecular weight excluding hydrogens is 640 g/mol.